The molecule has 0 heterocycles. The number of hydrogen-bond donors (Lipinski definition) is 1. The Morgan fingerprint density at radius 3 is 1.76 bits per heavy atom. The second-order valence-corrected chi connectivity index (χ2v) is 3.93. The van der Waals surface area contributed by atoms with Crippen LogP contribution in [0.5, 0.6) is 0 Å². The Hall–Kier alpha value is 0.439. The molecule has 2 aliphatic carbocycles. The smallest absolute Gasteiger partial charge is 0.0502 e. The predicted octanol–water partition coefficient (Wildman–Crippen LogP) is 1.33. The van der Waals surface area contributed by atoms with E-state index in [1.165, 1.54) is 5.92 Å². The van der Waals surface area contributed by atoms with Crippen molar-refractivity contribution in [3.63, 3.8) is 0 Å². The molecule has 94 valence electrons. The third-order valence-electron chi connectivity index (χ3n) is 2.22. The second-order valence-electron chi connectivity index (χ2n) is 3.93. The summed E-state index contributed by atoms with van der Waals surface area (Å²) in [6.45, 7) is 1.05. The minimum Gasteiger partial charge on any atom is -0.396 e. The van der Waals surface area contributed by atoms with Crippen molar-refractivity contribution >= 4 is 0 Å². The number of aliphatic hydroxyl groups is 1. The zero-order chi connectivity index (χ0) is 11.8. The molecule has 0 aliphatic heterocycles. The molecule has 2 nitrogen and oxygen atoms in total. The Balaban J connectivity index is 0.000000360. The van der Waals surface area contributed by atoms with Crippen LogP contribution in [0.1, 0.15) is 0 Å². The van der Waals surface area contributed by atoms with Crippen molar-refractivity contribution in [3.05, 3.63) is 63.2 Å². The SMILES string of the molecule is CN(C)C[C]1[CH][CH][CH][C]1CO.[CH]1[CH][CH][CH][CH]1.[Fe]. The van der Waals surface area contributed by atoms with Crippen molar-refractivity contribution in [1.29, 1.82) is 0 Å². The van der Waals surface area contributed by atoms with Crippen molar-refractivity contribution in [2.45, 2.75) is 0 Å². The molecule has 2 rings (SSSR count). The van der Waals surface area contributed by atoms with Crippen LogP contribution in [0, 0.1) is 63.2 Å². The zero-order valence-electron chi connectivity index (χ0n) is 10.3. The molecule has 1 N–H and O–H groups in total. The Kier molecular flexibility index (Phi) is 10.6. The summed E-state index contributed by atoms with van der Waals surface area (Å²) in [5.41, 5.74) is 0. The average molecular weight is 273 g/mol. The van der Waals surface area contributed by atoms with Crippen LogP contribution in [0.2, 0.25) is 0 Å². The van der Waals surface area contributed by atoms with Gasteiger partial charge in [-0.15, -0.1) is 0 Å². The van der Waals surface area contributed by atoms with E-state index < -0.39 is 0 Å². The predicted molar refractivity (Wildman–Crippen MR) is 66.5 cm³/mol. The summed E-state index contributed by atoms with van der Waals surface area (Å²) in [5, 5.41) is 8.90. The second kappa shape index (κ2) is 10.4. The third kappa shape index (κ3) is 7.46. The fraction of sp³-hybridized carbons (Fsp3) is 0.286. The average Bonchev–Trinajstić information content (AvgIpc) is 2.89. The summed E-state index contributed by atoms with van der Waals surface area (Å²) in [7, 11) is 4.04. The molecule has 2 fully saturated rings. The van der Waals surface area contributed by atoms with E-state index in [9.17, 15) is 0 Å². The molecular formula is C14H19FeNO. The van der Waals surface area contributed by atoms with Gasteiger partial charge in [-0.3, -0.25) is 0 Å². The first-order valence-corrected chi connectivity index (χ1v) is 5.39. The van der Waals surface area contributed by atoms with E-state index >= 15 is 0 Å². The number of rotatable bonds is 3. The van der Waals surface area contributed by atoms with Gasteiger partial charge < -0.3 is 10.0 Å². The molecule has 17 heavy (non-hydrogen) atoms. The molecular weight excluding hydrogens is 254 g/mol. The van der Waals surface area contributed by atoms with Crippen LogP contribution in [-0.4, -0.2) is 37.3 Å². The quantitative estimate of drug-likeness (QED) is 0.784. The molecule has 2 saturated carbocycles. The molecule has 0 unspecified atom stereocenters. The third-order valence-corrected chi connectivity index (χ3v) is 2.22. The molecule has 0 aromatic carbocycles. The van der Waals surface area contributed by atoms with E-state index in [2.05, 4.69) is 4.90 Å². The fourth-order valence-electron chi connectivity index (χ4n) is 1.46. The molecule has 0 aromatic heterocycles. The molecule has 0 amide bonds. The summed E-state index contributed by atoms with van der Waals surface area (Å²) in [6.07, 6.45) is 16.0. The largest absolute Gasteiger partial charge is 0.396 e. The van der Waals surface area contributed by atoms with Crippen LogP contribution >= 0.6 is 0 Å². The molecule has 0 saturated heterocycles. The topological polar surface area (TPSA) is 23.5 Å². The van der Waals surface area contributed by atoms with Gasteiger partial charge in [0.1, 0.15) is 0 Å². The Morgan fingerprint density at radius 1 is 0.882 bits per heavy atom. The first-order chi connectivity index (χ1) is 7.74. The first kappa shape index (κ1) is 17.4. The summed E-state index contributed by atoms with van der Waals surface area (Å²) in [4.78, 5) is 2.09. The number of aliphatic hydroxyl groups excluding tert-OH is 1. The van der Waals surface area contributed by atoms with Crippen LogP contribution in [0.15, 0.2) is 0 Å². The Labute approximate surface area is 118 Å². The van der Waals surface area contributed by atoms with Gasteiger partial charge in [0.05, 0.1) is 6.61 Å². The van der Waals surface area contributed by atoms with Gasteiger partial charge in [0.2, 0.25) is 0 Å². The summed E-state index contributed by atoms with van der Waals surface area (Å²) in [5.74, 6) is 2.26. The van der Waals surface area contributed by atoms with Crippen molar-refractivity contribution in [3.8, 4) is 0 Å². The monoisotopic (exact) mass is 273 g/mol. The van der Waals surface area contributed by atoms with Crippen LogP contribution in [0.3, 0.4) is 0 Å². The van der Waals surface area contributed by atoms with Gasteiger partial charge in [0, 0.05) is 35.4 Å². The van der Waals surface area contributed by atoms with Gasteiger partial charge in [0.25, 0.3) is 0 Å². The van der Waals surface area contributed by atoms with Gasteiger partial charge in [-0.05, 0) is 65.5 Å². The molecule has 0 spiro atoms. The van der Waals surface area contributed by atoms with Gasteiger partial charge >= 0.3 is 0 Å². The first-order valence-electron chi connectivity index (χ1n) is 5.39. The van der Waals surface area contributed by atoms with Gasteiger partial charge in [-0.1, -0.05) is 0 Å². The van der Waals surface area contributed by atoms with E-state index in [1.54, 1.807) is 0 Å². The van der Waals surface area contributed by atoms with Crippen LogP contribution < -0.4 is 0 Å². The van der Waals surface area contributed by atoms with Crippen LogP contribution in [0.4, 0.5) is 0 Å². The van der Waals surface area contributed by atoms with E-state index in [0.717, 1.165) is 12.5 Å². The minimum absolute atomic E-state index is 0. The van der Waals surface area contributed by atoms with Crippen molar-refractivity contribution in [1.82, 2.24) is 4.90 Å². The number of nitrogens with zero attached hydrogens (tertiary/aromatic N) is 1. The standard InChI is InChI=1S/C9H14NO.C5H5.Fe/c1-10(2)6-8-4-3-5-9(8)7-11;1-2-4-5-3-1;/h3-5,11H,6-7H2,1-2H3;1-5H;. The van der Waals surface area contributed by atoms with Gasteiger partial charge in [-0.2, -0.15) is 0 Å². The van der Waals surface area contributed by atoms with E-state index in [0.29, 0.717) is 0 Å². The summed E-state index contributed by atoms with van der Waals surface area (Å²) in [6, 6.07) is 0. The van der Waals surface area contributed by atoms with Crippen LogP contribution in [-0.2, 0) is 17.1 Å². The Bertz CT molecular complexity index is 164. The maximum atomic E-state index is 8.90. The van der Waals surface area contributed by atoms with Gasteiger partial charge in [-0.25, -0.2) is 0 Å². The Morgan fingerprint density at radius 2 is 1.35 bits per heavy atom. The molecule has 10 radical (unpaired) electrons. The fourth-order valence-corrected chi connectivity index (χ4v) is 1.46. The minimum atomic E-state index is 0. The maximum Gasteiger partial charge on any atom is 0.0502 e. The van der Waals surface area contributed by atoms with Crippen LogP contribution in [0.25, 0.3) is 0 Å². The van der Waals surface area contributed by atoms with Crippen molar-refractivity contribution < 1.29 is 22.2 Å². The molecule has 0 aromatic rings. The number of hydrogen-bond acceptors (Lipinski definition) is 2. The maximum absolute atomic E-state index is 8.90. The molecule has 0 bridgehead atoms. The summed E-state index contributed by atoms with van der Waals surface area (Å²) >= 11 is 0. The van der Waals surface area contributed by atoms with E-state index in [-0.39, 0.29) is 23.7 Å². The zero-order valence-corrected chi connectivity index (χ0v) is 11.4. The normalized spacial score (nSPS) is 21.2. The van der Waals surface area contributed by atoms with E-state index in [4.69, 9.17) is 5.11 Å². The molecule has 3 heteroatoms. The summed E-state index contributed by atoms with van der Waals surface area (Å²) < 4.78 is 0. The van der Waals surface area contributed by atoms with Crippen molar-refractivity contribution in [2.75, 3.05) is 27.2 Å². The van der Waals surface area contributed by atoms with E-state index in [1.807, 2.05) is 65.5 Å². The van der Waals surface area contributed by atoms with Crippen molar-refractivity contribution in [2.24, 2.45) is 0 Å². The molecule has 0 atom stereocenters. The van der Waals surface area contributed by atoms with Gasteiger partial charge in [0.15, 0.2) is 0 Å². The molecule has 2 aliphatic rings.